The van der Waals surface area contributed by atoms with E-state index in [0.29, 0.717) is 13.1 Å². The summed E-state index contributed by atoms with van der Waals surface area (Å²) in [6.07, 6.45) is 1.60. The standard InChI is InChI=1S/C17H27N3O2/c1-4-13(3)15(20-17(22)18-5-2)16(21)19-12-11-14-9-7-6-8-10-14/h6-10,13,15H,4-5,11-12H2,1-3H3,(H,19,21)(H2,18,20,22). The van der Waals surface area contributed by atoms with Crippen molar-refractivity contribution in [3.63, 3.8) is 0 Å². The predicted molar refractivity (Wildman–Crippen MR) is 88.6 cm³/mol. The zero-order valence-corrected chi connectivity index (χ0v) is 13.7. The number of rotatable bonds is 8. The van der Waals surface area contributed by atoms with Crippen LogP contribution in [0.15, 0.2) is 30.3 Å². The first kappa shape index (κ1) is 18.0. The summed E-state index contributed by atoms with van der Waals surface area (Å²) in [5.41, 5.74) is 1.18. The SMILES string of the molecule is CCNC(=O)NC(C(=O)NCCc1ccccc1)C(C)CC. The third-order valence-electron chi connectivity index (χ3n) is 3.68. The van der Waals surface area contributed by atoms with Crippen molar-refractivity contribution in [1.29, 1.82) is 0 Å². The minimum Gasteiger partial charge on any atom is -0.354 e. The van der Waals surface area contributed by atoms with Gasteiger partial charge in [-0.05, 0) is 24.8 Å². The van der Waals surface area contributed by atoms with Crippen LogP contribution >= 0.6 is 0 Å². The third-order valence-corrected chi connectivity index (χ3v) is 3.68. The van der Waals surface area contributed by atoms with Crippen LogP contribution in [0.5, 0.6) is 0 Å². The summed E-state index contributed by atoms with van der Waals surface area (Å²) in [5, 5.41) is 8.33. The molecule has 1 rings (SSSR count). The van der Waals surface area contributed by atoms with Gasteiger partial charge < -0.3 is 16.0 Å². The van der Waals surface area contributed by atoms with E-state index in [9.17, 15) is 9.59 Å². The van der Waals surface area contributed by atoms with E-state index < -0.39 is 6.04 Å². The molecule has 0 fully saturated rings. The molecule has 2 unspecified atom stereocenters. The fourth-order valence-electron chi connectivity index (χ4n) is 2.14. The summed E-state index contributed by atoms with van der Waals surface area (Å²) in [4.78, 5) is 24.0. The Morgan fingerprint density at radius 2 is 1.77 bits per heavy atom. The number of benzene rings is 1. The van der Waals surface area contributed by atoms with Gasteiger partial charge >= 0.3 is 6.03 Å². The van der Waals surface area contributed by atoms with Crippen LogP contribution in [0.3, 0.4) is 0 Å². The molecule has 2 atom stereocenters. The highest BCUT2D eigenvalue weighted by atomic mass is 16.2. The van der Waals surface area contributed by atoms with Gasteiger partial charge in [-0.3, -0.25) is 4.79 Å². The van der Waals surface area contributed by atoms with Crippen molar-refractivity contribution in [2.75, 3.05) is 13.1 Å². The summed E-state index contributed by atoms with van der Waals surface area (Å²) in [5.74, 6) is -0.0455. The molecule has 0 aromatic heterocycles. The van der Waals surface area contributed by atoms with Crippen LogP contribution in [0.2, 0.25) is 0 Å². The molecule has 0 spiro atoms. The van der Waals surface area contributed by atoms with Crippen LogP contribution in [0.25, 0.3) is 0 Å². The van der Waals surface area contributed by atoms with E-state index in [1.807, 2.05) is 51.1 Å². The second-order valence-corrected chi connectivity index (χ2v) is 5.39. The van der Waals surface area contributed by atoms with E-state index in [1.54, 1.807) is 0 Å². The molecule has 122 valence electrons. The van der Waals surface area contributed by atoms with E-state index >= 15 is 0 Å². The van der Waals surface area contributed by atoms with Crippen molar-refractivity contribution in [3.05, 3.63) is 35.9 Å². The highest BCUT2D eigenvalue weighted by Crippen LogP contribution is 2.08. The Bertz CT molecular complexity index is 462. The Morgan fingerprint density at radius 3 is 2.36 bits per heavy atom. The number of carbonyl (C=O) groups excluding carboxylic acids is 2. The van der Waals surface area contributed by atoms with Gasteiger partial charge in [0.05, 0.1) is 0 Å². The summed E-state index contributed by atoms with van der Waals surface area (Å²) >= 11 is 0. The van der Waals surface area contributed by atoms with E-state index in [0.717, 1.165) is 12.8 Å². The Morgan fingerprint density at radius 1 is 1.09 bits per heavy atom. The Labute approximate surface area is 132 Å². The van der Waals surface area contributed by atoms with Crippen LogP contribution in [0, 0.1) is 5.92 Å². The van der Waals surface area contributed by atoms with Crippen molar-refractivity contribution < 1.29 is 9.59 Å². The van der Waals surface area contributed by atoms with Gasteiger partial charge in [-0.15, -0.1) is 0 Å². The van der Waals surface area contributed by atoms with E-state index in [4.69, 9.17) is 0 Å². The lowest BCUT2D eigenvalue weighted by Crippen LogP contribution is -2.53. The first-order valence-corrected chi connectivity index (χ1v) is 7.94. The number of urea groups is 1. The van der Waals surface area contributed by atoms with Gasteiger partial charge in [0, 0.05) is 13.1 Å². The van der Waals surface area contributed by atoms with Crippen molar-refractivity contribution >= 4 is 11.9 Å². The molecular formula is C17H27N3O2. The maximum atomic E-state index is 12.3. The molecule has 0 aliphatic rings. The van der Waals surface area contributed by atoms with Crippen molar-refractivity contribution in [2.45, 2.75) is 39.7 Å². The van der Waals surface area contributed by atoms with Crippen LogP contribution in [-0.2, 0) is 11.2 Å². The number of hydrogen-bond donors (Lipinski definition) is 3. The molecular weight excluding hydrogens is 278 g/mol. The Kier molecular flexibility index (Phi) is 8.04. The summed E-state index contributed by atoms with van der Waals surface area (Å²) in [6.45, 7) is 6.92. The summed E-state index contributed by atoms with van der Waals surface area (Å²) in [6, 6.07) is 9.19. The lowest BCUT2D eigenvalue weighted by molar-refractivity contribution is -0.124. The molecule has 0 heterocycles. The molecule has 3 N–H and O–H groups in total. The van der Waals surface area contributed by atoms with Gasteiger partial charge in [-0.25, -0.2) is 4.79 Å². The molecule has 0 aliphatic carbocycles. The molecule has 1 aromatic rings. The number of hydrogen-bond acceptors (Lipinski definition) is 2. The normalized spacial score (nSPS) is 13.0. The van der Waals surface area contributed by atoms with E-state index in [2.05, 4.69) is 16.0 Å². The molecule has 0 saturated heterocycles. The monoisotopic (exact) mass is 305 g/mol. The highest BCUT2D eigenvalue weighted by Gasteiger charge is 2.25. The fourth-order valence-corrected chi connectivity index (χ4v) is 2.14. The fraction of sp³-hybridized carbons (Fsp3) is 0.529. The molecule has 5 nitrogen and oxygen atoms in total. The van der Waals surface area contributed by atoms with Gasteiger partial charge in [-0.2, -0.15) is 0 Å². The first-order chi connectivity index (χ1) is 10.6. The lowest BCUT2D eigenvalue weighted by Gasteiger charge is -2.23. The maximum Gasteiger partial charge on any atom is 0.315 e. The smallest absolute Gasteiger partial charge is 0.315 e. The van der Waals surface area contributed by atoms with Crippen LogP contribution < -0.4 is 16.0 Å². The average Bonchev–Trinajstić information content (AvgIpc) is 2.53. The van der Waals surface area contributed by atoms with Crippen molar-refractivity contribution in [3.8, 4) is 0 Å². The summed E-state index contributed by atoms with van der Waals surface area (Å²) in [7, 11) is 0. The Balaban J connectivity index is 2.50. The molecule has 1 aromatic carbocycles. The molecule has 5 heteroatoms. The second-order valence-electron chi connectivity index (χ2n) is 5.39. The van der Waals surface area contributed by atoms with Gasteiger partial charge in [0.15, 0.2) is 0 Å². The van der Waals surface area contributed by atoms with Crippen molar-refractivity contribution in [1.82, 2.24) is 16.0 Å². The average molecular weight is 305 g/mol. The molecule has 3 amide bonds. The summed E-state index contributed by atoms with van der Waals surface area (Å²) < 4.78 is 0. The van der Waals surface area contributed by atoms with E-state index in [-0.39, 0.29) is 17.9 Å². The molecule has 0 radical (unpaired) electrons. The topological polar surface area (TPSA) is 70.2 Å². The van der Waals surface area contributed by atoms with Gasteiger partial charge in [-0.1, -0.05) is 50.6 Å². The Hall–Kier alpha value is -2.04. The second kappa shape index (κ2) is 9.82. The molecule has 22 heavy (non-hydrogen) atoms. The van der Waals surface area contributed by atoms with Crippen LogP contribution in [0.1, 0.15) is 32.8 Å². The number of carbonyl (C=O) groups is 2. The largest absolute Gasteiger partial charge is 0.354 e. The van der Waals surface area contributed by atoms with Crippen LogP contribution in [0.4, 0.5) is 4.79 Å². The van der Waals surface area contributed by atoms with Crippen LogP contribution in [-0.4, -0.2) is 31.1 Å². The van der Waals surface area contributed by atoms with Crippen molar-refractivity contribution in [2.24, 2.45) is 5.92 Å². The van der Waals surface area contributed by atoms with Gasteiger partial charge in [0.2, 0.25) is 5.91 Å². The molecule has 0 saturated carbocycles. The first-order valence-electron chi connectivity index (χ1n) is 7.94. The zero-order valence-electron chi connectivity index (χ0n) is 13.7. The highest BCUT2D eigenvalue weighted by molar-refractivity contribution is 5.87. The maximum absolute atomic E-state index is 12.3. The minimum atomic E-state index is -0.507. The number of amides is 3. The van der Waals surface area contributed by atoms with Gasteiger partial charge in [0.1, 0.15) is 6.04 Å². The third kappa shape index (κ3) is 6.16. The molecule has 0 aliphatic heterocycles. The predicted octanol–water partition coefficient (Wildman–Crippen LogP) is 2.08. The zero-order chi connectivity index (χ0) is 16.4. The number of nitrogens with one attached hydrogen (secondary N) is 3. The lowest BCUT2D eigenvalue weighted by atomic mass is 9.98. The minimum absolute atomic E-state index is 0.0827. The molecule has 0 bridgehead atoms. The quantitative estimate of drug-likeness (QED) is 0.688. The van der Waals surface area contributed by atoms with Gasteiger partial charge in [0.25, 0.3) is 0 Å². The van der Waals surface area contributed by atoms with E-state index in [1.165, 1.54) is 5.56 Å².